The van der Waals surface area contributed by atoms with E-state index in [-0.39, 0.29) is 16.6 Å². The standard InChI is InChI=1S/C17H20Cl2N2O4/c1-10(25-16(23)13-8-7-11(18)9-14(13)19)15(22)21-17(24)20-12-5-3-2-4-6-12/h7-10,12H,2-6H2,1H3,(H2,20,21,22,24). The van der Waals surface area contributed by atoms with Crippen molar-refractivity contribution in [2.75, 3.05) is 0 Å². The van der Waals surface area contributed by atoms with E-state index in [1.165, 1.54) is 31.5 Å². The number of ether oxygens (including phenoxy) is 1. The number of esters is 1. The van der Waals surface area contributed by atoms with Gasteiger partial charge in [-0.2, -0.15) is 0 Å². The van der Waals surface area contributed by atoms with Gasteiger partial charge >= 0.3 is 12.0 Å². The molecule has 6 nitrogen and oxygen atoms in total. The molecule has 1 aromatic carbocycles. The third-order valence-electron chi connectivity index (χ3n) is 3.98. The summed E-state index contributed by atoms with van der Waals surface area (Å²) in [5.41, 5.74) is 0.0948. The van der Waals surface area contributed by atoms with Crippen LogP contribution in [0.2, 0.25) is 10.0 Å². The van der Waals surface area contributed by atoms with Crippen LogP contribution in [0.4, 0.5) is 4.79 Å². The Labute approximate surface area is 156 Å². The molecule has 0 heterocycles. The zero-order valence-electron chi connectivity index (χ0n) is 13.8. The lowest BCUT2D eigenvalue weighted by molar-refractivity contribution is -0.127. The van der Waals surface area contributed by atoms with Crippen LogP contribution in [-0.2, 0) is 9.53 Å². The first-order valence-corrected chi connectivity index (χ1v) is 8.90. The van der Waals surface area contributed by atoms with E-state index in [4.69, 9.17) is 27.9 Å². The molecule has 0 aliphatic heterocycles. The molecule has 1 fully saturated rings. The molecule has 2 rings (SSSR count). The van der Waals surface area contributed by atoms with Crippen molar-refractivity contribution in [3.63, 3.8) is 0 Å². The second-order valence-electron chi connectivity index (χ2n) is 5.97. The quantitative estimate of drug-likeness (QED) is 0.772. The van der Waals surface area contributed by atoms with Crippen LogP contribution in [-0.4, -0.2) is 30.1 Å². The first kappa shape index (κ1) is 19.5. The number of imide groups is 1. The predicted octanol–water partition coefficient (Wildman–Crippen LogP) is 3.70. The summed E-state index contributed by atoms with van der Waals surface area (Å²) in [6.07, 6.45) is 3.96. The van der Waals surface area contributed by atoms with Crippen LogP contribution < -0.4 is 10.6 Å². The number of hydrogen-bond donors (Lipinski definition) is 2. The van der Waals surface area contributed by atoms with E-state index in [1.54, 1.807) is 0 Å². The summed E-state index contributed by atoms with van der Waals surface area (Å²) in [7, 11) is 0. The maximum Gasteiger partial charge on any atom is 0.340 e. The average molecular weight is 387 g/mol. The largest absolute Gasteiger partial charge is 0.449 e. The molecule has 1 aromatic rings. The fraction of sp³-hybridized carbons (Fsp3) is 0.471. The first-order valence-electron chi connectivity index (χ1n) is 8.14. The van der Waals surface area contributed by atoms with Crippen LogP contribution in [0.1, 0.15) is 49.4 Å². The van der Waals surface area contributed by atoms with Gasteiger partial charge in [-0.15, -0.1) is 0 Å². The van der Waals surface area contributed by atoms with Crippen LogP contribution in [0.25, 0.3) is 0 Å². The van der Waals surface area contributed by atoms with Crippen LogP contribution >= 0.6 is 23.2 Å². The Morgan fingerprint density at radius 2 is 1.84 bits per heavy atom. The van der Waals surface area contributed by atoms with E-state index in [2.05, 4.69) is 10.6 Å². The molecular formula is C17H20Cl2N2O4. The Hall–Kier alpha value is -1.79. The van der Waals surface area contributed by atoms with Crippen LogP contribution in [0.15, 0.2) is 18.2 Å². The number of nitrogens with one attached hydrogen (secondary N) is 2. The molecule has 136 valence electrons. The van der Waals surface area contributed by atoms with Gasteiger partial charge in [-0.25, -0.2) is 9.59 Å². The number of halogens is 2. The van der Waals surface area contributed by atoms with E-state index in [1.807, 2.05) is 0 Å². The first-order chi connectivity index (χ1) is 11.9. The Kier molecular flexibility index (Phi) is 7.08. The minimum Gasteiger partial charge on any atom is -0.449 e. The molecule has 1 saturated carbocycles. The van der Waals surface area contributed by atoms with E-state index in [0.717, 1.165) is 25.7 Å². The lowest BCUT2D eigenvalue weighted by Gasteiger charge is -2.23. The minimum atomic E-state index is -1.14. The highest BCUT2D eigenvalue weighted by atomic mass is 35.5. The van der Waals surface area contributed by atoms with E-state index < -0.39 is 24.0 Å². The van der Waals surface area contributed by atoms with Gasteiger partial charge in [0.1, 0.15) is 0 Å². The molecule has 1 aliphatic rings. The van der Waals surface area contributed by atoms with Crippen LogP contribution in [0.3, 0.4) is 0 Å². The normalized spacial score (nSPS) is 16.0. The number of benzene rings is 1. The van der Waals surface area contributed by atoms with Crippen LogP contribution in [0.5, 0.6) is 0 Å². The van der Waals surface area contributed by atoms with Crippen LogP contribution in [0, 0.1) is 0 Å². The highest BCUT2D eigenvalue weighted by Crippen LogP contribution is 2.22. The summed E-state index contributed by atoms with van der Waals surface area (Å²) in [6.45, 7) is 1.38. The highest BCUT2D eigenvalue weighted by Gasteiger charge is 2.23. The van der Waals surface area contributed by atoms with E-state index in [0.29, 0.717) is 5.02 Å². The number of rotatable bonds is 4. The third-order valence-corrected chi connectivity index (χ3v) is 4.53. The molecule has 0 aromatic heterocycles. The zero-order chi connectivity index (χ0) is 18.4. The molecule has 0 bridgehead atoms. The average Bonchev–Trinajstić information content (AvgIpc) is 2.55. The molecule has 0 spiro atoms. The lowest BCUT2D eigenvalue weighted by Crippen LogP contribution is -2.48. The van der Waals surface area contributed by atoms with E-state index in [9.17, 15) is 14.4 Å². The topological polar surface area (TPSA) is 84.5 Å². The van der Waals surface area contributed by atoms with Crippen molar-refractivity contribution in [2.24, 2.45) is 0 Å². The van der Waals surface area contributed by atoms with Crippen molar-refractivity contribution in [1.82, 2.24) is 10.6 Å². The van der Waals surface area contributed by atoms with Gasteiger partial charge in [-0.05, 0) is 38.0 Å². The lowest BCUT2D eigenvalue weighted by atomic mass is 9.96. The Balaban J connectivity index is 1.84. The van der Waals surface area contributed by atoms with Gasteiger partial charge in [-0.3, -0.25) is 10.1 Å². The molecule has 0 radical (unpaired) electrons. The summed E-state index contributed by atoms with van der Waals surface area (Å²) >= 11 is 11.7. The van der Waals surface area contributed by atoms with Gasteiger partial charge in [0, 0.05) is 11.1 Å². The van der Waals surface area contributed by atoms with Crippen molar-refractivity contribution in [2.45, 2.75) is 51.2 Å². The Morgan fingerprint density at radius 3 is 2.48 bits per heavy atom. The molecular weight excluding hydrogens is 367 g/mol. The molecule has 25 heavy (non-hydrogen) atoms. The maximum absolute atomic E-state index is 12.1. The van der Waals surface area contributed by atoms with Gasteiger partial charge in [-0.1, -0.05) is 42.5 Å². The van der Waals surface area contributed by atoms with Crippen molar-refractivity contribution < 1.29 is 19.1 Å². The van der Waals surface area contributed by atoms with Gasteiger partial charge < -0.3 is 10.1 Å². The van der Waals surface area contributed by atoms with Gasteiger partial charge in [0.25, 0.3) is 5.91 Å². The molecule has 0 saturated heterocycles. The number of amides is 3. The molecule has 1 unspecified atom stereocenters. The van der Waals surface area contributed by atoms with Crippen molar-refractivity contribution in [1.29, 1.82) is 0 Å². The predicted molar refractivity (Wildman–Crippen MR) is 94.9 cm³/mol. The minimum absolute atomic E-state index is 0.0762. The van der Waals surface area contributed by atoms with Gasteiger partial charge in [0.2, 0.25) is 0 Å². The summed E-state index contributed by atoms with van der Waals surface area (Å²) in [5, 5.41) is 5.45. The van der Waals surface area contributed by atoms with Gasteiger partial charge in [0.15, 0.2) is 6.10 Å². The number of urea groups is 1. The summed E-state index contributed by atoms with van der Waals surface area (Å²) in [6, 6.07) is 3.80. The summed E-state index contributed by atoms with van der Waals surface area (Å²) in [5.74, 6) is -1.47. The Bertz CT molecular complexity index is 660. The van der Waals surface area contributed by atoms with Crippen molar-refractivity contribution >= 4 is 41.1 Å². The SMILES string of the molecule is CC(OC(=O)c1ccc(Cl)cc1Cl)C(=O)NC(=O)NC1CCCCC1. The number of hydrogen-bond acceptors (Lipinski definition) is 4. The van der Waals surface area contributed by atoms with E-state index >= 15 is 0 Å². The molecule has 1 atom stereocenters. The fourth-order valence-corrected chi connectivity index (χ4v) is 3.10. The molecule has 1 aliphatic carbocycles. The zero-order valence-corrected chi connectivity index (χ0v) is 15.3. The van der Waals surface area contributed by atoms with Crippen molar-refractivity contribution in [3.8, 4) is 0 Å². The monoisotopic (exact) mass is 386 g/mol. The maximum atomic E-state index is 12.1. The molecule has 3 amide bonds. The third kappa shape index (κ3) is 5.90. The molecule has 8 heteroatoms. The summed E-state index contributed by atoms with van der Waals surface area (Å²) < 4.78 is 5.05. The number of carbonyl (C=O) groups is 3. The van der Waals surface area contributed by atoms with Crippen molar-refractivity contribution in [3.05, 3.63) is 33.8 Å². The second kappa shape index (κ2) is 9.06. The smallest absolute Gasteiger partial charge is 0.340 e. The van der Waals surface area contributed by atoms with Gasteiger partial charge in [0.05, 0.1) is 10.6 Å². The summed E-state index contributed by atoms with van der Waals surface area (Å²) in [4.78, 5) is 35.9. The molecule has 2 N–H and O–H groups in total. The number of carbonyl (C=O) groups excluding carboxylic acids is 3. The Morgan fingerprint density at radius 1 is 1.16 bits per heavy atom. The fourth-order valence-electron chi connectivity index (χ4n) is 2.61. The highest BCUT2D eigenvalue weighted by molar-refractivity contribution is 6.36. The second-order valence-corrected chi connectivity index (χ2v) is 6.81.